The third kappa shape index (κ3) is 4.23. The van der Waals surface area contributed by atoms with Gasteiger partial charge in [-0.25, -0.2) is 4.79 Å². The molecular weight excluding hydrogens is 436 g/mol. The van der Waals surface area contributed by atoms with Gasteiger partial charge in [-0.15, -0.1) is 6.58 Å². The van der Waals surface area contributed by atoms with Gasteiger partial charge in [0.05, 0.1) is 24.2 Å². The number of benzene rings is 2. The van der Waals surface area contributed by atoms with E-state index in [0.717, 1.165) is 48.1 Å². The molecule has 0 N–H and O–H groups in total. The van der Waals surface area contributed by atoms with Crippen LogP contribution >= 0.6 is 11.6 Å². The van der Waals surface area contributed by atoms with E-state index >= 15 is 0 Å². The van der Waals surface area contributed by atoms with E-state index in [-0.39, 0.29) is 12.0 Å². The van der Waals surface area contributed by atoms with Crippen LogP contribution in [-0.4, -0.2) is 42.1 Å². The Morgan fingerprint density at radius 3 is 2.76 bits per heavy atom. The Kier molecular flexibility index (Phi) is 6.09. The van der Waals surface area contributed by atoms with E-state index in [4.69, 9.17) is 21.1 Å². The fourth-order valence-corrected chi connectivity index (χ4v) is 5.46. The van der Waals surface area contributed by atoms with E-state index in [1.54, 1.807) is 37.6 Å². The van der Waals surface area contributed by atoms with Crippen LogP contribution in [0.4, 0.5) is 0 Å². The molecule has 33 heavy (non-hydrogen) atoms. The minimum Gasteiger partial charge on any atom is -0.497 e. The molecule has 1 aromatic heterocycles. The highest BCUT2D eigenvalue weighted by Crippen LogP contribution is 2.44. The van der Waals surface area contributed by atoms with Gasteiger partial charge in [0.15, 0.2) is 0 Å². The molecule has 2 bridgehead atoms. The Balaban J connectivity index is 1.56. The van der Waals surface area contributed by atoms with Crippen LogP contribution in [0.25, 0.3) is 10.9 Å². The van der Waals surface area contributed by atoms with Crippen LogP contribution in [0.5, 0.6) is 5.75 Å². The van der Waals surface area contributed by atoms with E-state index in [2.05, 4.69) is 22.5 Å². The zero-order valence-electron chi connectivity index (χ0n) is 18.6. The van der Waals surface area contributed by atoms with E-state index < -0.39 is 6.10 Å². The molecule has 5 nitrogen and oxygen atoms in total. The summed E-state index contributed by atoms with van der Waals surface area (Å²) < 4.78 is 11.8. The largest absolute Gasteiger partial charge is 0.497 e. The van der Waals surface area contributed by atoms with Gasteiger partial charge >= 0.3 is 5.97 Å². The minimum atomic E-state index is -0.431. The number of ether oxygens (including phenoxy) is 2. The quantitative estimate of drug-likeness (QED) is 0.348. The van der Waals surface area contributed by atoms with Crippen molar-refractivity contribution in [3.05, 3.63) is 83.5 Å². The molecule has 3 fully saturated rings. The second-order valence-corrected chi connectivity index (χ2v) is 9.30. The molecule has 1 unspecified atom stereocenters. The number of nitrogens with zero attached hydrogens (tertiary/aromatic N) is 2. The van der Waals surface area contributed by atoms with Crippen molar-refractivity contribution in [2.45, 2.75) is 25.0 Å². The van der Waals surface area contributed by atoms with Gasteiger partial charge in [-0.3, -0.25) is 9.88 Å². The average molecular weight is 463 g/mol. The maximum absolute atomic E-state index is 13.2. The van der Waals surface area contributed by atoms with Crippen LogP contribution in [0, 0.1) is 11.8 Å². The van der Waals surface area contributed by atoms with Gasteiger partial charge in [-0.2, -0.15) is 0 Å². The number of methoxy groups -OCH3 is 1. The normalized spacial score (nSPS) is 24.9. The number of pyridine rings is 1. The molecule has 0 amide bonds. The molecular formula is C27H27ClN2O3. The molecule has 2 aromatic carbocycles. The highest BCUT2D eigenvalue weighted by Gasteiger charge is 2.44. The van der Waals surface area contributed by atoms with Crippen LogP contribution in [0.3, 0.4) is 0 Å². The second kappa shape index (κ2) is 9.16. The lowest BCUT2D eigenvalue weighted by atomic mass is 9.73. The fraction of sp³-hybridized carbons (Fsp3) is 0.333. The zero-order chi connectivity index (χ0) is 22.9. The Morgan fingerprint density at radius 2 is 2.06 bits per heavy atom. The van der Waals surface area contributed by atoms with Gasteiger partial charge in [-0.05, 0) is 79.8 Å². The number of fused-ring (bicyclic) bond motifs is 4. The molecule has 5 atom stereocenters. The van der Waals surface area contributed by atoms with Crippen molar-refractivity contribution >= 4 is 28.5 Å². The lowest BCUT2D eigenvalue weighted by molar-refractivity contribution is -0.0568. The average Bonchev–Trinajstić information content (AvgIpc) is 2.87. The highest BCUT2D eigenvalue weighted by atomic mass is 35.5. The predicted octanol–water partition coefficient (Wildman–Crippen LogP) is 5.69. The van der Waals surface area contributed by atoms with E-state index in [1.165, 1.54) is 0 Å². The number of hydrogen-bond acceptors (Lipinski definition) is 5. The van der Waals surface area contributed by atoms with Gasteiger partial charge in [0.25, 0.3) is 0 Å². The molecule has 3 saturated heterocycles. The number of carbonyl (C=O) groups is 1. The highest BCUT2D eigenvalue weighted by molar-refractivity contribution is 6.30. The van der Waals surface area contributed by atoms with E-state index in [9.17, 15) is 4.79 Å². The predicted molar refractivity (Wildman–Crippen MR) is 130 cm³/mol. The van der Waals surface area contributed by atoms with Gasteiger partial charge in [0.1, 0.15) is 11.9 Å². The van der Waals surface area contributed by atoms with E-state index in [0.29, 0.717) is 22.4 Å². The standard InChI is InChI=1S/C27H27ClN2O3/c1-3-17-16-30-13-11-19(17)14-25(30)26(33-27(31)18-4-6-20(28)7-5-18)22-10-12-29-24-9-8-21(32-2)15-23(22)24/h3-10,12,15,17,19,25-26H,1,11,13-14,16H2,2H3/t17-,19-,25+,26+/m0/s1. The lowest BCUT2D eigenvalue weighted by Gasteiger charge is -2.51. The first-order chi connectivity index (χ1) is 16.1. The molecule has 4 heterocycles. The van der Waals surface area contributed by atoms with Crippen molar-refractivity contribution in [2.24, 2.45) is 11.8 Å². The first-order valence-electron chi connectivity index (χ1n) is 11.3. The summed E-state index contributed by atoms with van der Waals surface area (Å²) in [7, 11) is 1.65. The summed E-state index contributed by atoms with van der Waals surface area (Å²) in [6.07, 6.45) is 5.54. The Morgan fingerprint density at radius 1 is 1.24 bits per heavy atom. The number of carbonyl (C=O) groups excluding carboxylic acids is 1. The second-order valence-electron chi connectivity index (χ2n) is 8.86. The summed E-state index contributed by atoms with van der Waals surface area (Å²) >= 11 is 6.02. The third-order valence-electron chi connectivity index (χ3n) is 7.11. The number of esters is 1. The molecule has 0 radical (unpaired) electrons. The number of hydrogen-bond donors (Lipinski definition) is 0. The van der Waals surface area contributed by atoms with Crippen LogP contribution < -0.4 is 4.74 Å². The van der Waals surface area contributed by atoms with Gasteiger partial charge < -0.3 is 9.47 Å². The van der Waals surface area contributed by atoms with Crippen molar-refractivity contribution in [3.8, 4) is 5.75 Å². The third-order valence-corrected chi connectivity index (χ3v) is 7.36. The van der Waals surface area contributed by atoms with Crippen molar-refractivity contribution in [2.75, 3.05) is 20.2 Å². The molecule has 6 rings (SSSR count). The first-order valence-corrected chi connectivity index (χ1v) is 11.7. The maximum atomic E-state index is 13.2. The van der Waals surface area contributed by atoms with Crippen LogP contribution in [0.15, 0.2) is 67.4 Å². The van der Waals surface area contributed by atoms with Gasteiger partial charge in [0.2, 0.25) is 0 Å². The topological polar surface area (TPSA) is 51.7 Å². The molecule has 0 aliphatic carbocycles. The molecule has 3 aliphatic heterocycles. The van der Waals surface area contributed by atoms with Crippen LogP contribution in [-0.2, 0) is 4.74 Å². The summed E-state index contributed by atoms with van der Waals surface area (Å²) in [5.41, 5.74) is 2.29. The van der Waals surface area contributed by atoms with Crippen molar-refractivity contribution < 1.29 is 14.3 Å². The number of piperidine rings is 3. The summed E-state index contributed by atoms with van der Waals surface area (Å²) in [6.45, 7) is 5.99. The molecule has 3 aliphatic rings. The molecule has 0 saturated carbocycles. The number of halogens is 1. The van der Waals surface area contributed by atoms with Crippen LogP contribution in [0.1, 0.15) is 34.9 Å². The summed E-state index contributed by atoms with van der Waals surface area (Å²) in [6, 6.07) is 14.7. The van der Waals surface area contributed by atoms with Crippen molar-refractivity contribution in [3.63, 3.8) is 0 Å². The smallest absolute Gasteiger partial charge is 0.338 e. The zero-order valence-corrected chi connectivity index (χ0v) is 19.4. The van der Waals surface area contributed by atoms with Crippen molar-refractivity contribution in [1.82, 2.24) is 9.88 Å². The van der Waals surface area contributed by atoms with Gasteiger partial charge in [0, 0.05) is 28.7 Å². The van der Waals surface area contributed by atoms with Crippen molar-refractivity contribution in [1.29, 1.82) is 0 Å². The summed E-state index contributed by atoms with van der Waals surface area (Å²) in [4.78, 5) is 20.2. The minimum absolute atomic E-state index is 0.0907. The first kappa shape index (κ1) is 21.9. The number of aromatic nitrogens is 1. The SMILES string of the molecule is C=C[C@H]1CN2CC[C@H]1C[C@@H]2[C@H](OC(=O)c1ccc(Cl)cc1)c1ccnc2ccc(OC)cc12. The summed E-state index contributed by atoms with van der Waals surface area (Å²) in [5, 5.41) is 1.52. The molecule has 0 spiro atoms. The monoisotopic (exact) mass is 462 g/mol. The Bertz CT molecular complexity index is 1180. The Hall–Kier alpha value is -2.89. The van der Waals surface area contributed by atoms with E-state index in [1.807, 2.05) is 24.3 Å². The molecule has 3 aromatic rings. The Labute approximate surface area is 199 Å². The fourth-order valence-electron chi connectivity index (χ4n) is 5.33. The lowest BCUT2D eigenvalue weighted by Crippen LogP contribution is -2.55. The van der Waals surface area contributed by atoms with Gasteiger partial charge in [-0.1, -0.05) is 17.7 Å². The molecule has 170 valence electrons. The maximum Gasteiger partial charge on any atom is 0.338 e. The summed E-state index contributed by atoms with van der Waals surface area (Å²) in [5.74, 6) is 1.43. The van der Waals surface area contributed by atoms with Crippen LogP contribution in [0.2, 0.25) is 5.02 Å². The number of rotatable bonds is 6. The molecule has 6 heteroatoms.